The third kappa shape index (κ3) is 6.36. The summed E-state index contributed by atoms with van der Waals surface area (Å²) in [5.41, 5.74) is 6.66. The first-order valence-electron chi connectivity index (χ1n) is 15.0. The van der Waals surface area contributed by atoms with Gasteiger partial charge in [0.2, 0.25) is 0 Å². The number of anilines is 2. The zero-order valence-corrected chi connectivity index (χ0v) is 23.9. The largest absolute Gasteiger partial charge is 0.372 e. The lowest BCUT2D eigenvalue weighted by Crippen LogP contribution is -2.17. The van der Waals surface area contributed by atoms with E-state index in [1.165, 1.54) is 37.1 Å². The van der Waals surface area contributed by atoms with Gasteiger partial charge in [-0.1, -0.05) is 48.5 Å². The highest BCUT2D eigenvalue weighted by Crippen LogP contribution is 2.23. The van der Waals surface area contributed by atoms with Crippen LogP contribution < -0.4 is 9.80 Å². The van der Waals surface area contributed by atoms with Crippen molar-refractivity contribution in [3.8, 4) is 0 Å². The van der Waals surface area contributed by atoms with Gasteiger partial charge in [0.25, 0.3) is 0 Å². The Morgan fingerprint density at radius 2 is 0.738 bits per heavy atom. The second kappa shape index (κ2) is 12.6. The van der Waals surface area contributed by atoms with Crippen LogP contribution in [0.2, 0.25) is 0 Å². The molecule has 6 rings (SSSR count). The topological polar surface area (TPSA) is 57.7 Å². The quantitative estimate of drug-likeness (QED) is 0.198. The second-order valence-electron chi connectivity index (χ2n) is 11.4. The fourth-order valence-corrected chi connectivity index (χ4v) is 5.96. The standard InChI is InChI=1S/C37H36N2O3/c40-35(29-13-17-33(18-14-29)38-21-1-2-22-38)25-27-5-9-31(10-6-27)37(42)32-11-7-28(8-12-32)26-36(41)30-15-19-34(20-16-30)39-23-3-4-24-39/h5-20H,1-4,21-26H2. The molecule has 0 aromatic heterocycles. The number of benzene rings is 4. The summed E-state index contributed by atoms with van der Waals surface area (Å²) in [6.07, 6.45) is 5.47. The predicted molar refractivity (Wildman–Crippen MR) is 168 cm³/mol. The van der Waals surface area contributed by atoms with Crippen LogP contribution in [0.25, 0.3) is 0 Å². The molecule has 5 heteroatoms. The fraction of sp³-hybridized carbons (Fsp3) is 0.270. The van der Waals surface area contributed by atoms with Crippen molar-refractivity contribution in [3.63, 3.8) is 0 Å². The first-order valence-corrected chi connectivity index (χ1v) is 15.0. The number of carbonyl (C=O) groups excluding carboxylic acids is 3. The molecular formula is C37H36N2O3. The SMILES string of the molecule is O=C(Cc1ccc(C(=O)c2ccc(CC(=O)c3ccc(N4CCCC4)cc3)cc2)cc1)c1ccc(N2CCCC2)cc1. The van der Waals surface area contributed by atoms with Crippen molar-refractivity contribution in [1.29, 1.82) is 0 Å². The molecule has 42 heavy (non-hydrogen) atoms. The fourth-order valence-electron chi connectivity index (χ4n) is 5.96. The zero-order valence-electron chi connectivity index (χ0n) is 23.9. The Balaban J connectivity index is 1.03. The first-order chi connectivity index (χ1) is 20.5. The molecule has 0 N–H and O–H groups in total. The van der Waals surface area contributed by atoms with Gasteiger partial charge in [0, 0.05) is 72.6 Å². The van der Waals surface area contributed by atoms with E-state index in [0.29, 0.717) is 35.1 Å². The highest BCUT2D eigenvalue weighted by molar-refractivity contribution is 6.09. The van der Waals surface area contributed by atoms with Crippen molar-refractivity contribution in [3.05, 3.63) is 130 Å². The van der Waals surface area contributed by atoms with E-state index >= 15 is 0 Å². The van der Waals surface area contributed by atoms with Crippen LogP contribution in [0.1, 0.15) is 73.4 Å². The van der Waals surface area contributed by atoms with Crippen LogP contribution in [0.15, 0.2) is 97.1 Å². The number of nitrogens with zero attached hydrogens (tertiary/aromatic N) is 2. The summed E-state index contributed by atoms with van der Waals surface area (Å²) in [7, 11) is 0. The van der Waals surface area contributed by atoms with Crippen molar-refractivity contribution in [1.82, 2.24) is 0 Å². The highest BCUT2D eigenvalue weighted by atomic mass is 16.1. The van der Waals surface area contributed by atoms with Crippen molar-refractivity contribution in [2.75, 3.05) is 36.0 Å². The van der Waals surface area contributed by atoms with E-state index < -0.39 is 0 Å². The summed E-state index contributed by atoms with van der Waals surface area (Å²) < 4.78 is 0. The maximum absolute atomic E-state index is 13.1. The van der Waals surface area contributed by atoms with Crippen molar-refractivity contribution < 1.29 is 14.4 Å². The minimum Gasteiger partial charge on any atom is -0.372 e. The number of ketones is 3. The molecule has 2 fully saturated rings. The van der Waals surface area contributed by atoms with E-state index in [2.05, 4.69) is 9.80 Å². The molecule has 2 aliphatic heterocycles. The van der Waals surface area contributed by atoms with Gasteiger partial charge in [0.1, 0.15) is 0 Å². The lowest BCUT2D eigenvalue weighted by Gasteiger charge is -2.17. The zero-order chi connectivity index (χ0) is 28.9. The summed E-state index contributed by atoms with van der Waals surface area (Å²) in [5.74, 6) is 0.0465. The smallest absolute Gasteiger partial charge is 0.193 e. The third-order valence-corrected chi connectivity index (χ3v) is 8.48. The Hall–Kier alpha value is -4.51. The van der Waals surface area contributed by atoms with Crippen LogP contribution in [-0.4, -0.2) is 43.5 Å². The Labute approximate surface area is 247 Å². The lowest BCUT2D eigenvalue weighted by atomic mass is 9.97. The average molecular weight is 557 g/mol. The van der Waals surface area contributed by atoms with Gasteiger partial charge in [-0.2, -0.15) is 0 Å². The van der Waals surface area contributed by atoms with E-state index in [9.17, 15) is 14.4 Å². The molecule has 5 nitrogen and oxygen atoms in total. The Morgan fingerprint density at radius 3 is 1.07 bits per heavy atom. The van der Waals surface area contributed by atoms with Crippen LogP contribution in [0.5, 0.6) is 0 Å². The summed E-state index contributed by atoms with van der Waals surface area (Å²) >= 11 is 0. The van der Waals surface area contributed by atoms with Crippen LogP contribution in [0.3, 0.4) is 0 Å². The molecule has 2 heterocycles. The Kier molecular flexibility index (Phi) is 8.27. The normalized spacial score (nSPS) is 14.8. The molecule has 0 saturated carbocycles. The minimum atomic E-state index is -0.0826. The predicted octanol–water partition coefficient (Wildman–Crippen LogP) is 6.97. The summed E-state index contributed by atoms with van der Waals surface area (Å²) in [5, 5.41) is 0. The first kappa shape index (κ1) is 27.6. The molecule has 2 aliphatic rings. The molecule has 212 valence electrons. The van der Waals surface area contributed by atoms with E-state index in [1.54, 1.807) is 24.3 Å². The number of rotatable bonds is 10. The third-order valence-electron chi connectivity index (χ3n) is 8.48. The van der Waals surface area contributed by atoms with Crippen LogP contribution in [-0.2, 0) is 12.8 Å². The van der Waals surface area contributed by atoms with E-state index in [1.807, 2.05) is 72.8 Å². The highest BCUT2D eigenvalue weighted by Gasteiger charge is 2.16. The number of carbonyl (C=O) groups is 3. The van der Waals surface area contributed by atoms with E-state index in [-0.39, 0.29) is 17.3 Å². The van der Waals surface area contributed by atoms with Crippen molar-refractivity contribution in [2.24, 2.45) is 0 Å². The second-order valence-corrected chi connectivity index (χ2v) is 11.4. The van der Waals surface area contributed by atoms with E-state index in [0.717, 1.165) is 37.3 Å². The number of hydrogen-bond donors (Lipinski definition) is 0. The Morgan fingerprint density at radius 1 is 0.429 bits per heavy atom. The molecule has 0 amide bonds. The van der Waals surface area contributed by atoms with Gasteiger partial charge >= 0.3 is 0 Å². The summed E-state index contributed by atoms with van der Waals surface area (Å²) in [6.45, 7) is 4.32. The van der Waals surface area contributed by atoms with Gasteiger partial charge in [0.15, 0.2) is 17.3 Å². The molecule has 4 aromatic rings. The number of Topliss-reactive ketones (excluding diaryl/α,β-unsaturated/α-hetero) is 2. The molecule has 0 radical (unpaired) electrons. The van der Waals surface area contributed by atoms with Crippen molar-refractivity contribution >= 4 is 28.7 Å². The molecule has 0 bridgehead atoms. The molecule has 4 aromatic carbocycles. The molecule has 0 aliphatic carbocycles. The van der Waals surface area contributed by atoms with Crippen LogP contribution in [0.4, 0.5) is 11.4 Å². The maximum atomic E-state index is 13.1. The van der Waals surface area contributed by atoms with E-state index in [4.69, 9.17) is 0 Å². The van der Waals surface area contributed by atoms with Gasteiger partial charge < -0.3 is 9.80 Å². The van der Waals surface area contributed by atoms with Gasteiger partial charge in [0.05, 0.1) is 0 Å². The van der Waals surface area contributed by atoms with Gasteiger partial charge in [-0.15, -0.1) is 0 Å². The summed E-state index contributed by atoms with van der Waals surface area (Å²) in [4.78, 5) is 43.5. The van der Waals surface area contributed by atoms with Crippen molar-refractivity contribution in [2.45, 2.75) is 38.5 Å². The molecule has 0 spiro atoms. The summed E-state index contributed by atoms with van der Waals surface area (Å²) in [6, 6.07) is 30.3. The van der Waals surface area contributed by atoms with Gasteiger partial charge in [-0.05, 0) is 85.3 Å². The van der Waals surface area contributed by atoms with Gasteiger partial charge in [-0.3, -0.25) is 14.4 Å². The number of hydrogen-bond acceptors (Lipinski definition) is 5. The molecule has 2 saturated heterocycles. The average Bonchev–Trinajstić information content (AvgIpc) is 3.77. The maximum Gasteiger partial charge on any atom is 0.193 e. The Bertz CT molecular complexity index is 1420. The van der Waals surface area contributed by atoms with Gasteiger partial charge in [-0.25, -0.2) is 0 Å². The minimum absolute atomic E-state index is 0.0646. The van der Waals surface area contributed by atoms with Crippen LogP contribution >= 0.6 is 0 Å². The molecular weight excluding hydrogens is 520 g/mol. The molecule has 0 unspecified atom stereocenters. The van der Waals surface area contributed by atoms with Crippen LogP contribution in [0, 0.1) is 0 Å². The lowest BCUT2D eigenvalue weighted by molar-refractivity contribution is 0.0985. The monoisotopic (exact) mass is 556 g/mol. The molecule has 0 atom stereocenters.